The summed E-state index contributed by atoms with van der Waals surface area (Å²) in [6, 6.07) is 7.60. The highest BCUT2D eigenvalue weighted by Gasteiger charge is 2.14. The van der Waals surface area contributed by atoms with E-state index in [4.69, 9.17) is 17.3 Å². The number of hydrogen-bond donors (Lipinski definition) is 2. The minimum atomic E-state index is -0.828. The second kappa shape index (κ2) is 5.24. The first-order valence-electron chi connectivity index (χ1n) is 5.29. The molecule has 3 nitrogen and oxygen atoms in total. The summed E-state index contributed by atoms with van der Waals surface area (Å²) < 4.78 is 26.7. The Kier molecular flexibility index (Phi) is 3.66. The lowest BCUT2D eigenvalue weighted by Gasteiger charge is -2.07. The minimum Gasteiger partial charge on any atom is -0.399 e. The molecule has 6 heteroatoms. The molecule has 0 saturated heterocycles. The van der Waals surface area contributed by atoms with Crippen molar-refractivity contribution in [2.24, 2.45) is 0 Å². The number of benzene rings is 2. The molecule has 0 aliphatic carbocycles. The van der Waals surface area contributed by atoms with Crippen molar-refractivity contribution in [3.05, 3.63) is 58.6 Å². The highest BCUT2D eigenvalue weighted by atomic mass is 35.5. The van der Waals surface area contributed by atoms with Crippen molar-refractivity contribution in [1.29, 1.82) is 0 Å². The van der Waals surface area contributed by atoms with Gasteiger partial charge in [0.2, 0.25) is 0 Å². The van der Waals surface area contributed by atoms with Gasteiger partial charge in [-0.1, -0.05) is 17.7 Å². The number of nitrogens with one attached hydrogen (secondary N) is 1. The molecule has 19 heavy (non-hydrogen) atoms. The van der Waals surface area contributed by atoms with Crippen LogP contribution in [0.3, 0.4) is 0 Å². The lowest BCUT2D eigenvalue weighted by atomic mass is 10.2. The predicted molar refractivity (Wildman–Crippen MR) is 70.2 cm³/mol. The smallest absolute Gasteiger partial charge is 0.258 e. The van der Waals surface area contributed by atoms with Crippen LogP contribution in [-0.2, 0) is 0 Å². The molecule has 0 radical (unpaired) electrons. The van der Waals surface area contributed by atoms with Gasteiger partial charge >= 0.3 is 0 Å². The largest absolute Gasteiger partial charge is 0.399 e. The number of amides is 1. The number of halogens is 3. The fourth-order valence-electron chi connectivity index (χ4n) is 1.56. The van der Waals surface area contributed by atoms with Gasteiger partial charge in [0.15, 0.2) is 5.82 Å². The van der Waals surface area contributed by atoms with E-state index in [-0.39, 0.29) is 22.0 Å². The van der Waals surface area contributed by atoms with Gasteiger partial charge in [-0.2, -0.15) is 0 Å². The number of nitrogens with two attached hydrogens (primary N) is 1. The average Bonchev–Trinajstić information content (AvgIpc) is 2.31. The quantitative estimate of drug-likeness (QED) is 0.829. The van der Waals surface area contributed by atoms with Crippen molar-refractivity contribution in [1.82, 2.24) is 0 Å². The van der Waals surface area contributed by atoms with Crippen LogP contribution in [0.1, 0.15) is 10.4 Å². The fourth-order valence-corrected chi connectivity index (χ4v) is 1.74. The van der Waals surface area contributed by atoms with Crippen LogP contribution in [0.2, 0.25) is 5.02 Å². The molecule has 2 rings (SSSR count). The first-order chi connectivity index (χ1) is 8.97. The zero-order valence-electron chi connectivity index (χ0n) is 9.58. The normalized spacial score (nSPS) is 10.3. The number of anilines is 2. The van der Waals surface area contributed by atoms with E-state index in [1.807, 2.05) is 0 Å². The van der Waals surface area contributed by atoms with Crippen LogP contribution in [0, 0.1) is 11.6 Å². The standard InChI is InChI=1S/C13H9ClF2N2O/c14-11-3-1-2-10(12(11)16)13(19)18-9-5-7(15)4-8(17)6-9/h1-6H,17H2,(H,18,19). The number of hydrogen-bond acceptors (Lipinski definition) is 2. The molecule has 0 aromatic heterocycles. The third-order valence-corrected chi connectivity index (χ3v) is 2.67. The van der Waals surface area contributed by atoms with Gasteiger partial charge < -0.3 is 11.1 Å². The summed E-state index contributed by atoms with van der Waals surface area (Å²) in [5.74, 6) is -2.15. The van der Waals surface area contributed by atoms with E-state index in [1.165, 1.54) is 24.3 Å². The van der Waals surface area contributed by atoms with E-state index in [0.29, 0.717) is 0 Å². The van der Waals surface area contributed by atoms with Crippen LogP contribution in [0.15, 0.2) is 36.4 Å². The Balaban J connectivity index is 2.28. The van der Waals surface area contributed by atoms with E-state index < -0.39 is 17.5 Å². The maximum atomic E-state index is 13.6. The first kappa shape index (κ1) is 13.3. The summed E-state index contributed by atoms with van der Waals surface area (Å²) in [6.07, 6.45) is 0. The number of nitrogen functional groups attached to an aromatic ring is 1. The van der Waals surface area contributed by atoms with Gasteiger partial charge in [0, 0.05) is 11.4 Å². The zero-order valence-corrected chi connectivity index (χ0v) is 10.3. The van der Waals surface area contributed by atoms with Gasteiger partial charge in [0.1, 0.15) is 5.82 Å². The molecular formula is C13H9ClF2N2O. The van der Waals surface area contributed by atoms with E-state index >= 15 is 0 Å². The van der Waals surface area contributed by atoms with Gasteiger partial charge in [-0.05, 0) is 30.3 Å². The van der Waals surface area contributed by atoms with Gasteiger partial charge in [-0.25, -0.2) is 8.78 Å². The van der Waals surface area contributed by atoms with Gasteiger partial charge in [0.25, 0.3) is 5.91 Å². The molecule has 0 aliphatic rings. The number of carbonyl (C=O) groups is 1. The molecule has 2 aromatic carbocycles. The molecule has 0 saturated carbocycles. The zero-order chi connectivity index (χ0) is 14.0. The van der Waals surface area contributed by atoms with E-state index in [1.54, 1.807) is 0 Å². The highest BCUT2D eigenvalue weighted by Crippen LogP contribution is 2.20. The Morgan fingerprint density at radius 1 is 1.21 bits per heavy atom. The van der Waals surface area contributed by atoms with Crippen LogP contribution in [-0.4, -0.2) is 5.91 Å². The summed E-state index contributed by atoms with van der Waals surface area (Å²) in [7, 11) is 0. The summed E-state index contributed by atoms with van der Waals surface area (Å²) in [4.78, 5) is 11.8. The summed E-state index contributed by atoms with van der Waals surface area (Å²) in [5.41, 5.74) is 5.51. The van der Waals surface area contributed by atoms with Crippen molar-refractivity contribution in [3.63, 3.8) is 0 Å². The van der Waals surface area contributed by atoms with Crippen molar-refractivity contribution in [3.8, 4) is 0 Å². The van der Waals surface area contributed by atoms with Crippen LogP contribution >= 0.6 is 11.6 Å². The predicted octanol–water partition coefficient (Wildman–Crippen LogP) is 3.45. The molecule has 0 unspecified atom stereocenters. The molecule has 0 bridgehead atoms. The van der Waals surface area contributed by atoms with Crippen molar-refractivity contribution < 1.29 is 13.6 Å². The van der Waals surface area contributed by atoms with Crippen molar-refractivity contribution in [2.45, 2.75) is 0 Å². The maximum absolute atomic E-state index is 13.6. The molecule has 0 heterocycles. The molecule has 98 valence electrons. The molecular weight excluding hydrogens is 274 g/mol. The second-order valence-corrected chi connectivity index (χ2v) is 4.24. The minimum absolute atomic E-state index is 0.141. The van der Waals surface area contributed by atoms with Crippen LogP contribution in [0.5, 0.6) is 0 Å². The molecule has 0 fully saturated rings. The first-order valence-corrected chi connectivity index (χ1v) is 5.66. The van der Waals surface area contributed by atoms with E-state index in [9.17, 15) is 13.6 Å². The third kappa shape index (κ3) is 3.00. The fraction of sp³-hybridized carbons (Fsp3) is 0. The maximum Gasteiger partial charge on any atom is 0.258 e. The summed E-state index contributed by atoms with van der Waals surface area (Å²) in [6.45, 7) is 0. The van der Waals surface area contributed by atoms with Crippen LogP contribution in [0.4, 0.5) is 20.2 Å². The van der Waals surface area contributed by atoms with Crippen LogP contribution < -0.4 is 11.1 Å². The average molecular weight is 283 g/mol. The monoisotopic (exact) mass is 282 g/mol. The molecule has 3 N–H and O–H groups in total. The highest BCUT2D eigenvalue weighted by molar-refractivity contribution is 6.31. The molecule has 0 spiro atoms. The Labute approximate surface area is 113 Å². The summed E-state index contributed by atoms with van der Waals surface area (Å²) in [5, 5.41) is 2.19. The van der Waals surface area contributed by atoms with Gasteiger partial charge in [0.05, 0.1) is 10.6 Å². The second-order valence-electron chi connectivity index (χ2n) is 3.83. The lowest BCUT2D eigenvalue weighted by molar-refractivity contribution is 0.102. The molecule has 0 aliphatic heterocycles. The van der Waals surface area contributed by atoms with Crippen molar-refractivity contribution in [2.75, 3.05) is 11.1 Å². The molecule has 2 aromatic rings. The Hall–Kier alpha value is -2.14. The Morgan fingerprint density at radius 2 is 1.95 bits per heavy atom. The Morgan fingerprint density at radius 3 is 2.63 bits per heavy atom. The summed E-state index contributed by atoms with van der Waals surface area (Å²) >= 11 is 5.58. The lowest BCUT2D eigenvalue weighted by Crippen LogP contribution is -2.14. The third-order valence-electron chi connectivity index (χ3n) is 2.37. The Bertz CT molecular complexity index is 626. The molecule has 0 atom stereocenters. The number of carbonyl (C=O) groups excluding carboxylic acids is 1. The van der Waals surface area contributed by atoms with Gasteiger partial charge in [-0.3, -0.25) is 4.79 Å². The SMILES string of the molecule is Nc1cc(F)cc(NC(=O)c2cccc(Cl)c2F)c1. The van der Waals surface area contributed by atoms with Gasteiger partial charge in [-0.15, -0.1) is 0 Å². The topological polar surface area (TPSA) is 55.1 Å². The van der Waals surface area contributed by atoms with E-state index in [2.05, 4.69) is 5.32 Å². The van der Waals surface area contributed by atoms with Crippen molar-refractivity contribution >= 4 is 28.9 Å². The number of rotatable bonds is 2. The van der Waals surface area contributed by atoms with Crippen LogP contribution in [0.25, 0.3) is 0 Å². The van der Waals surface area contributed by atoms with E-state index in [0.717, 1.165) is 12.1 Å². The molecule has 1 amide bonds.